The van der Waals surface area contributed by atoms with Crippen LogP contribution in [-0.2, 0) is 0 Å². The highest BCUT2D eigenvalue weighted by Crippen LogP contribution is 2.29. The summed E-state index contributed by atoms with van der Waals surface area (Å²) in [5.41, 5.74) is 6.30. The lowest BCUT2D eigenvalue weighted by molar-refractivity contribution is -0.0494. The molecule has 1 aliphatic heterocycles. The third-order valence-corrected chi connectivity index (χ3v) is 5.73. The fraction of sp³-hybridized carbons (Fsp3) is 0.278. The number of fused-ring (bicyclic) bond motifs is 1. The number of carbonyl (C=O) groups is 2. The summed E-state index contributed by atoms with van der Waals surface area (Å²) in [5, 5.41) is 1.53. The average Bonchev–Trinajstić information content (AvgIpc) is 3.27. The Morgan fingerprint density at radius 3 is 2.59 bits per heavy atom. The van der Waals surface area contributed by atoms with Gasteiger partial charge in [-0.2, -0.15) is 0 Å². The third-order valence-electron chi connectivity index (χ3n) is 4.63. The maximum Gasteiger partial charge on any atom is 0.258 e. The van der Waals surface area contributed by atoms with E-state index in [4.69, 9.17) is 5.73 Å². The van der Waals surface area contributed by atoms with Crippen LogP contribution in [0.15, 0.2) is 36.7 Å². The Bertz CT molecular complexity index is 1030. The second kappa shape index (κ2) is 6.41. The first kappa shape index (κ1) is 17.6. The molecule has 1 saturated heterocycles. The monoisotopic (exact) mass is 390 g/mol. The van der Waals surface area contributed by atoms with Crippen molar-refractivity contribution in [1.82, 2.24) is 14.5 Å². The minimum absolute atomic E-state index is 0.0377. The summed E-state index contributed by atoms with van der Waals surface area (Å²) in [6.45, 7) is 0.0753. The molecule has 4 rings (SSSR count). The highest BCUT2D eigenvalue weighted by Gasteiger charge is 2.35. The molecule has 0 bridgehead atoms. The lowest BCUT2D eigenvalue weighted by Gasteiger charge is -2.31. The van der Waals surface area contributed by atoms with Gasteiger partial charge in [-0.1, -0.05) is 0 Å². The molecule has 3 aromatic rings. The summed E-state index contributed by atoms with van der Waals surface area (Å²) in [6.07, 6.45) is 2.62. The molecule has 0 saturated carbocycles. The van der Waals surface area contributed by atoms with E-state index in [-0.39, 0.29) is 31.8 Å². The van der Waals surface area contributed by atoms with Gasteiger partial charge in [0.1, 0.15) is 10.6 Å². The van der Waals surface area contributed by atoms with E-state index in [1.807, 2.05) is 10.6 Å². The standard InChI is InChI=1S/C18H16F2N4O2S/c19-18(20)4-7-23(8-5-18)17(26)12-9-11-3-6-24(16(11)22-10-12)14-2-1-13(27-14)15(21)25/h1-3,6,9-10H,4-5,7-8H2,(H2,21,25). The Kier molecular flexibility index (Phi) is 4.18. The number of rotatable bonds is 3. The first-order valence-electron chi connectivity index (χ1n) is 8.38. The molecule has 3 aromatic heterocycles. The Hall–Kier alpha value is -2.81. The van der Waals surface area contributed by atoms with Crippen molar-refractivity contribution in [3.05, 3.63) is 47.1 Å². The minimum atomic E-state index is -2.69. The number of thiophene rings is 1. The number of hydrogen-bond donors (Lipinski definition) is 1. The zero-order valence-corrected chi connectivity index (χ0v) is 15.0. The van der Waals surface area contributed by atoms with E-state index in [1.165, 1.54) is 22.4 Å². The van der Waals surface area contributed by atoms with Crippen LogP contribution >= 0.6 is 11.3 Å². The van der Waals surface area contributed by atoms with Crippen LogP contribution in [0, 0.1) is 0 Å². The number of nitrogens with zero attached hydrogens (tertiary/aromatic N) is 3. The number of carbonyl (C=O) groups excluding carboxylic acids is 2. The van der Waals surface area contributed by atoms with Gasteiger partial charge in [0, 0.05) is 43.7 Å². The lowest BCUT2D eigenvalue weighted by Crippen LogP contribution is -2.42. The van der Waals surface area contributed by atoms with Crippen LogP contribution in [0.3, 0.4) is 0 Å². The molecule has 1 aliphatic rings. The molecule has 0 aliphatic carbocycles. The first-order chi connectivity index (χ1) is 12.8. The Morgan fingerprint density at radius 1 is 1.19 bits per heavy atom. The van der Waals surface area contributed by atoms with E-state index in [2.05, 4.69) is 4.98 Å². The topological polar surface area (TPSA) is 81.2 Å². The summed E-state index contributed by atoms with van der Waals surface area (Å²) in [7, 11) is 0. The Balaban J connectivity index is 1.60. The van der Waals surface area contributed by atoms with Gasteiger partial charge in [-0.25, -0.2) is 13.8 Å². The van der Waals surface area contributed by atoms with E-state index in [0.29, 0.717) is 16.1 Å². The van der Waals surface area contributed by atoms with Crippen LogP contribution in [0.4, 0.5) is 8.78 Å². The van der Waals surface area contributed by atoms with Gasteiger partial charge in [0.25, 0.3) is 17.7 Å². The maximum absolute atomic E-state index is 13.3. The lowest BCUT2D eigenvalue weighted by atomic mass is 10.1. The van der Waals surface area contributed by atoms with Gasteiger partial charge >= 0.3 is 0 Å². The molecule has 0 unspecified atom stereocenters. The Labute approximate surface area is 157 Å². The second-order valence-corrected chi connectivity index (χ2v) is 7.54. The molecular weight excluding hydrogens is 374 g/mol. The number of hydrogen-bond acceptors (Lipinski definition) is 4. The Morgan fingerprint density at radius 2 is 1.93 bits per heavy atom. The summed E-state index contributed by atoms with van der Waals surface area (Å²) < 4.78 is 28.4. The summed E-state index contributed by atoms with van der Waals surface area (Å²) >= 11 is 1.25. The second-order valence-electron chi connectivity index (χ2n) is 6.47. The number of amides is 2. The zero-order chi connectivity index (χ0) is 19.2. The molecule has 0 atom stereocenters. The van der Waals surface area contributed by atoms with Gasteiger partial charge in [-0.3, -0.25) is 14.2 Å². The predicted octanol–water partition coefficient (Wildman–Crippen LogP) is 3.06. The largest absolute Gasteiger partial charge is 0.365 e. The van der Waals surface area contributed by atoms with Crippen LogP contribution < -0.4 is 5.73 Å². The van der Waals surface area contributed by atoms with Crippen molar-refractivity contribution >= 4 is 34.2 Å². The van der Waals surface area contributed by atoms with Crippen molar-refractivity contribution in [2.24, 2.45) is 5.73 Å². The highest BCUT2D eigenvalue weighted by atomic mass is 32.1. The number of pyridine rings is 1. The van der Waals surface area contributed by atoms with Gasteiger partial charge in [-0.15, -0.1) is 11.3 Å². The molecule has 0 spiro atoms. The van der Waals surface area contributed by atoms with Crippen molar-refractivity contribution in [2.45, 2.75) is 18.8 Å². The van der Waals surface area contributed by atoms with Crippen LogP contribution in [0.5, 0.6) is 0 Å². The number of alkyl halides is 2. The molecule has 27 heavy (non-hydrogen) atoms. The fourth-order valence-corrected chi connectivity index (χ4v) is 3.97. The summed E-state index contributed by atoms with van der Waals surface area (Å²) in [6, 6.07) is 6.95. The van der Waals surface area contributed by atoms with Gasteiger partial charge in [-0.05, 0) is 24.3 Å². The number of primary amides is 1. The maximum atomic E-state index is 13.3. The first-order valence-corrected chi connectivity index (χ1v) is 9.20. The zero-order valence-electron chi connectivity index (χ0n) is 14.2. The molecule has 6 nitrogen and oxygen atoms in total. The fourth-order valence-electron chi connectivity index (χ4n) is 3.13. The van der Waals surface area contributed by atoms with E-state index < -0.39 is 11.8 Å². The number of piperidine rings is 1. The van der Waals surface area contributed by atoms with E-state index in [9.17, 15) is 18.4 Å². The van der Waals surface area contributed by atoms with E-state index in [1.54, 1.807) is 24.4 Å². The number of halogens is 2. The molecule has 2 N–H and O–H groups in total. The van der Waals surface area contributed by atoms with Crippen LogP contribution in [0.1, 0.15) is 32.9 Å². The molecule has 9 heteroatoms. The summed E-state index contributed by atoms with van der Waals surface area (Å²) in [4.78, 5) is 30.1. The van der Waals surface area contributed by atoms with Gasteiger partial charge in [0.15, 0.2) is 0 Å². The van der Waals surface area contributed by atoms with Gasteiger partial charge < -0.3 is 10.6 Å². The SMILES string of the molecule is NC(=O)c1ccc(-n2ccc3cc(C(=O)N4CCC(F)(F)CC4)cnc32)s1. The molecule has 1 fully saturated rings. The number of aromatic nitrogens is 2. The molecule has 4 heterocycles. The van der Waals surface area contributed by atoms with Crippen molar-refractivity contribution in [3.8, 4) is 5.00 Å². The normalized spacial score (nSPS) is 16.6. The molecule has 0 aromatic carbocycles. The van der Waals surface area contributed by atoms with Gasteiger partial charge in [0.05, 0.1) is 10.4 Å². The quantitative estimate of drug-likeness (QED) is 0.746. The van der Waals surface area contributed by atoms with Gasteiger partial charge in [0.2, 0.25) is 0 Å². The van der Waals surface area contributed by atoms with E-state index >= 15 is 0 Å². The number of likely N-dealkylation sites (tertiary alicyclic amines) is 1. The predicted molar refractivity (Wildman–Crippen MR) is 97.5 cm³/mol. The molecular formula is C18H16F2N4O2S. The number of nitrogens with two attached hydrogens (primary N) is 1. The molecule has 0 radical (unpaired) electrons. The molecule has 140 valence electrons. The highest BCUT2D eigenvalue weighted by molar-refractivity contribution is 7.16. The average molecular weight is 390 g/mol. The van der Waals surface area contributed by atoms with Crippen LogP contribution in [-0.4, -0.2) is 45.3 Å². The van der Waals surface area contributed by atoms with Crippen molar-refractivity contribution < 1.29 is 18.4 Å². The van der Waals surface area contributed by atoms with Crippen LogP contribution in [0.25, 0.3) is 16.0 Å². The van der Waals surface area contributed by atoms with Crippen molar-refractivity contribution in [3.63, 3.8) is 0 Å². The molecule has 2 amide bonds. The van der Waals surface area contributed by atoms with E-state index in [0.717, 1.165) is 10.4 Å². The smallest absolute Gasteiger partial charge is 0.258 e. The van der Waals surface area contributed by atoms with Crippen molar-refractivity contribution in [1.29, 1.82) is 0 Å². The summed E-state index contributed by atoms with van der Waals surface area (Å²) in [5.74, 6) is -3.48. The third kappa shape index (κ3) is 3.30. The van der Waals surface area contributed by atoms with Crippen molar-refractivity contribution in [2.75, 3.05) is 13.1 Å². The van der Waals surface area contributed by atoms with Crippen LogP contribution in [0.2, 0.25) is 0 Å². The minimum Gasteiger partial charge on any atom is -0.365 e.